The first kappa shape index (κ1) is 11.3. The van der Waals surface area contributed by atoms with Crippen LogP contribution in [-0.4, -0.2) is 0 Å². The molecule has 0 aromatic heterocycles. The molecule has 0 saturated carbocycles. The van der Waals surface area contributed by atoms with Gasteiger partial charge in [0.2, 0.25) is 0 Å². The van der Waals surface area contributed by atoms with E-state index in [0.29, 0.717) is 0 Å². The second-order valence-electron chi connectivity index (χ2n) is 5.37. The zero-order valence-electron chi connectivity index (χ0n) is 11.2. The standard InChI is InChI=1S/C18H18/c1-12-8-15-9-13(2)11-18(17(15)10-12)16-7-5-4-6-14(16)3/h4-7,9-11H,8H2,1-3H3. The van der Waals surface area contributed by atoms with Crippen LogP contribution in [0, 0.1) is 13.8 Å². The van der Waals surface area contributed by atoms with Crippen LogP contribution in [0.3, 0.4) is 0 Å². The summed E-state index contributed by atoms with van der Waals surface area (Å²) < 4.78 is 0. The van der Waals surface area contributed by atoms with Crippen LogP contribution in [0.25, 0.3) is 17.2 Å². The molecule has 0 amide bonds. The van der Waals surface area contributed by atoms with Gasteiger partial charge in [0, 0.05) is 0 Å². The maximum absolute atomic E-state index is 2.34. The van der Waals surface area contributed by atoms with Crippen molar-refractivity contribution in [2.24, 2.45) is 0 Å². The molecule has 18 heavy (non-hydrogen) atoms. The maximum atomic E-state index is 2.34. The molecule has 0 unspecified atom stereocenters. The van der Waals surface area contributed by atoms with Crippen molar-refractivity contribution in [3.05, 3.63) is 64.2 Å². The van der Waals surface area contributed by atoms with Gasteiger partial charge in [-0.1, -0.05) is 53.6 Å². The molecule has 1 aliphatic carbocycles. The quantitative estimate of drug-likeness (QED) is 0.656. The van der Waals surface area contributed by atoms with E-state index in [1.165, 1.54) is 39.0 Å². The molecule has 2 aromatic carbocycles. The monoisotopic (exact) mass is 234 g/mol. The van der Waals surface area contributed by atoms with Crippen molar-refractivity contribution in [2.75, 3.05) is 0 Å². The fraction of sp³-hybridized carbons (Fsp3) is 0.222. The Hall–Kier alpha value is -1.82. The molecule has 0 aliphatic heterocycles. The van der Waals surface area contributed by atoms with Gasteiger partial charge in [-0.3, -0.25) is 0 Å². The maximum Gasteiger partial charge on any atom is -0.00603 e. The van der Waals surface area contributed by atoms with Crippen LogP contribution in [0.15, 0.2) is 42.0 Å². The van der Waals surface area contributed by atoms with Gasteiger partial charge in [-0.25, -0.2) is 0 Å². The summed E-state index contributed by atoms with van der Waals surface area (Å²) in [6.45, 7) is 6.60. The minimum Gasteiger partial charge on any atom is -0.0683 e. The third kappa shape index (κ3) is 1.78. The first-order valence-electron chi connectivity index (χ1n) is 6.52. The zero-order chi connectivity index (χ0) is 12.7. The number of benzene rings is 2. The van der Waals surface area contributed by atoms with Crippen molar-refractivity contribution in [3.8, 4) is 11.1 Å². The van der Waals surface area contributed by atoms with Gasteiger partial charge in [0.1, 0.15) is 0 Å². The van der Waals surface area contributed by atoms with Gasteiger partial charge < -0.3 is 0 Å². The van der Waals surface area contributed by atoms with E-state index >= 15 is 0 Å². The molecule has 2 aromatic rings. The van der Waals surface area contributed by atoms with Crippen LogP contribution in [-0.2, 0) is 6.42 Å². The van der Waals surface area contributed by atoms with E-state index in [0.717, 1.165) is 6.42 Å². The van der Waals surface area contributed by atoms with Crippen molar-refractivity contribution < 1.29 is 0 Å². The molecule has 0 nitrogen and oxygen atoms in total. The van der Waals surface area contributed by atoms with E-state index in [1.54, 1.807) is 0 Å². The van der Waals surface area contributed by atoms with Crippen molar-refractivity contribution >= 4 is 6.08 Å². The molecule has 0 heteroatoms. The van der Waals surface area contributed by atoms with Gasteiger partial charge >= 0.3 is 0 Å². The van der Waals surface area contributed by atoms with Crippen LogP contribution in [0.1, 0.15) is 29.2 Å². The Morgan fingerprint density at radius 1 is 0.889 bits per heavy atom. The normalized spacial score (nSPS) is 13.4. The summed E-state index contributed by atoms with van der Waals surface area (Å²) in [5, 5.41) is 0. The van der Waals surface area contributed by atoms with Crippen molar-refractivity contribution in [1.82, 2.24) is 0 Å². The molecule has 0 bridgehead atoms. The summed E-state index contributed by atoms with van der Waals surface area (Å²) in [6.07, 6.45) is 3.45. The molecule has 0 saturated heterocycles. The highest BCUT2D eigenvalue weighted by atomic mass is 14.2. The Labute approximate surface area is 109 Å². The summed E-state index contributed by atoms with van der Waals surface area (Å²) in [5.74, 6) is 0. The number of rotatable bonds is 1. The smallest absolute Gasteiger partial charge is 0.00603 e. The van der Waals surface area contributed by atoms with Gasteiger partial charge in [0.15, 0.2) is 0 Å². The second kappa shape index (κ2) is 4.13. The van der Waals surface area contributed by atoms with E-state index in [9.17, 15) is 0 Å². The predicted octanol–water partition coefficient (Wildman–Crippen LogP) is 4.93. The largest absolute Gasteiger partial charge is 0.0683 e. The third-order valence-electron chi connectivity index (χ3n) is 3.71. The Balaban J connectivity index is 2.28. The van der Waals surface area contributed by atoms with E-state index < -0.39 is 0 Å². The van der Waals surface area contributed by atoms with Gasteiger partial charge in [-0.05, 0) is 55.0 Å². The first-order chi connectivity index (χ1) is 8.65. The molecule has 1 aliphatic rings. The van der Waals surface area contributed by atoms with Crippen molar-refractivity contribution in [1.29, 1.82) is 0 Å². The molecular formula is C18H18. The zero-order valence-corrected chi connectivity index (χ0v) is 11.2. The Morgan fingerprint density at radius 2 is 1.67 bits per heavy atom. The Kier molecular flexibility index (Phi) is 2.59. The predicted molar refractivity (Wildman–Crippen MR) is 78.7 cm³/mol. The van der Waals surface area contributed by atoms with Crippen molar-refractivity contribution in [3.63, 3.8) is 0 Å². The molecule has 0 fully saturated rings. The van der Waals surface area contributed by atoms with Crippen LogP contribution < -0.4 is 0 Å². The van der Waals surface area contributed by atoms with Crippen LogP contribution >= 0.6 is 0 Å². The van der Waals surface area contributed by atoms with E-state index in [4.69, 9.17) is 0 Å². The Morgan fingerprint density at radius 3 is 2.44 bits per heavy atom. The van der Waals surface area contributed by atoms with Crippen LogP contribution in [0.2, 0.25) is 0 Å². The van der Waals surface area contributed by atoms with Gasteiger partial charge in [0.05, 0.1) is 0 Å². The highest BCUT2D eigenvalue weighted by Gasteiger charge is 2.16. The minimum absolute atomic E-state index is 1.11. The summed E-state index contributed by atoms with van der Waals surface area (Å²) >= 11 is 0. The molecular weight excluding hydrogens is 216 g/mol. The molecule has 90 valence electrons. The van der Waals surface area contributed by atoms with E-state index in [2.05, 4.69) is 63.2 Å². The topological polar surface area (TPSA) is 0 Å². The lowest BCUT2D eigenvalue weighted by atomic mass is 9.92. The van der Waals surface area contributed by atoms with Crippen LogP contribution in [0.4, 0.5) is 0 Å². The highest BCUT2D eigenvalue weighted by molar-refractivity contribution is 5.82. The van der Waals surface area contributed by atoms with E-state index in [-0.39, 0.29) is 0 Å². The van der Waals surface area contributed by atoms with Gasteiger partial charge in [0.25, 0.3) is 0 Å². The summed E-state index contributed by atoms with van der Waals surface area (Å²) in [5.41, 5.74) is 9.82. The average molecular weight is 234 g/mol. The SMILES string of the molecule is CC1=Cc2c(cc(C)cc2-c2ccccc2C)C1. The number of fused-ring (bicyclic) bond motifs is 1. The minimum atomic E-state index is 1.11. The lowest BCUT2D eigenvalue weighted by Crippen LogP contribution is -1.91. The lowest BCUT2D eigenvalue weighted by Gasteiger charge is -2.12. The molecule has 0 atom stereocenters. The molecule has 3 rings (SSSR count). The van der Waals surface area contributed by atoms with Gasteiger partial charge in [-0.2, -0.15) is 0 Å². The highest BCUT2D eigenvalue weighted by Crippen LogP contribution is 2.36. The molecule has 0 spiro atoms. The fourth-order valence-corrected chi connectivity index (χ4v) is 2.89. The number of aryl methyl sites for hydroxylation is 2. The number of hydrogen-bond acceptors (Lipinski definition) is 0. The van der Waals surface area contributed by atoms with E-state index in [1.807, 2.05) is 0 Å². The lowest BCUT2D eigenvalue weighted by molar-refractivity contribution is 1.19. The van der Waals surface area contributed by atoms with Crippen molar-refractivity contribution in [2.45, 2.75) is 27.2 Å². The summed E-state index contributed by atoms with van der Waals surface area (Å²) in [6, 6.07) is 13.3. The Bertz CT molecular complexity index is 645. The third-order valence-corrected chi connectivity index (χ3v) is 3.71. The number of allylic oxidation sites excluding steroid dienone is 1. The first-order valence-corrected chi connectivity index (χ1v) is 6.52. The molecule has 0 radical (unpaired) electrons. The summed E-state index contributed by atoms with van der Waals surface area (Å²) in [7, 11) is 0. The average Bonchev–Trinajstić information content (AvgIpc) is 2.69. The van der Waals surface area contributed by atoms with Gasteiger partial charge in [-0.15, -0.1) is 0 Å². The second-order valence-corrected chi connectivity index (χ2v) is 5.37. The number of hydrogen-bond donors (Lipinski definition) is 0. The molecule has 0 heterocycles. The fourth-order valence-electron chi connectivity index (χ4n) is 2.89. The summed E-state index contributed by atoms with van der Waals surface area (Å²) in [4.78, 5) is 0. The molecule has 0 N–H and O–H groups in total. The van der Waals surface area contributed by atoms with Crippen LogP contribution in [0.5, 0.6) is 0 Å².